The number of rotatable bonds is 3. The maximum Gasteiger partial charge on any atom is 0.316 e. The number of nitro benzene ring substituents is 1. The number of benzene rings is 2. The molecule has 2 aliphatic rings. The van der Waals surface area contributed by atoms with Crippen LogP contribution in [-0.2, 0) is 5.72 Å². The molecule has 0 saturated carbocycles. The first-order chi connectivity index (χ1) is 12.0. The summed E-state index contributed by atoms with van der Waals surface area (Å²) in [7, 11) is 0. The third-order valence-corrected chi connectivity index (χ3v) is 6.13. The average Bonchev–Trinajstić information content (AvgIpc) is 3.20. The molecular weight excluding hydrogens is 406 g/mol. The molecular formula is C17H15BrN3O3S+. The lowest BCUT2D eigenvalue weighted by Gasteiger charge is -2.22. The molecule has 6 nitrogen and oxygen atoms in total. The van der Waals surface area contributed by atoms with E-state index in [1.54, 1.807) is 23.9 Å². The van der Waals surface area contributed by atoms with Crippen molar-refractivity contribution in [1.29, 1.82) is 0 Å². The minimum atomic E-state index is -1.19. The van der Waals surface area contributed by atoms with E-state index in [9.17, 15) is 15.2 Å². The van der Waals surface area contributed by atoms with Crippen LogP contribution in [0, 0.1) is 10.1 Å². The largest absolute Gasteiger partial charge is 0.346 e. The Balaban J connectivity index is 1.73. The molecule has 2 aromatic rings. The van der Waals surface area contributed by atoms with Crippen LogP contribution in [0.2, 0.25) is 0 Å². The highest BCUT2D eigenvalue weighted by Gasteiger charge is 2.54. The van der Waals surface area contributed by atoms with Crippen molar-refractivity contribution in [1.82, 2.24) is 0 Å². The van der Waals surface area contributed by atoms with Gasteiger partial charge in [-0.3, -0.25) is 10.1 Å². The zero-order chi connectivity index (χ0) is 17.6. The van der Waals surface area contributed by atoms with Gasteiger partial charge in [-0.25, -0.2) is 9.48 Å². The number of nitrogens with zero attached hydrogens (tertiary/aromatic N) is 3. The lowest BCUT2D eigenvalue weighted by Crippen LogP contribution is -2.41. The fraction of sp³-hybridized carbons (Fsp3) is 0.235. The van der Waals surface area contributed by atoms with Gasteiger partial charge in [-0.2, -0.15) is 0 Å². The molecule has 1 N–H and O–H groups in total. The number of non-ortho nitro benzene ring substituents is 1. The number of amidine groups is 1. The number of anilines is 1. The van der Waals surface area contributed by atoms with Crippen molar-refractivity contribution in [3.05, 3.63) is 68.7 Å². The highest BCUT2D eigenvalue weighted by atomic mass is 79.9. The predicted molar refractivity (Wildman–Crippen MR) is 101 cm³/mol. The summed E-state index contributed by atoms with van der Waals surface area (Å²) in [4.78, 5) is 12.5. The van der Waals surface area contributed by atoms with Crippen molar-refractivity contribution in [3.8, 4) is 0 Å². The van der Waals surface area contributed by atoms with E-state index in [0.29, 0.717) is 12.1 Å². The van der Waals surface area contributed by atoms with Crippen LogP contribution >= 0.6 is 27.7 Å². The Hall–Kier alpha value is -1.90. The second kappa shape index (κ2) is 6.12. The molecule has 0 aliphatic carbocycles. The molecule has 2 heterocycles. The van der Waals surface area contributed by atoms with Gasteiger partial charge in [-0.05, 0) is 48.2 Å². The maximum atomic E-state index is 11.4. The zero-order valence-corrected chi connectivity index (χ0v) is 15.5. The Morgan fingerprint density at radius 3 is 2.52 bits per heavy atom. The summed E-state index contributed by atoms with van der Waals surface area (Å²) in [6.07, 6.45) is 0. The number of halogens is 1. The second-order valence-corrected chi connectivity index (χ2v) is 7.94. The fourth-order valence-electron chi connectivity index (χ4n) is 3.26. The molecule has 2 aliphatic heterocycles. The van der Waals surface area contributed by atoms with Crippen LogP contribution in [0.15, 0.2) is 53.0 Å². The van der Waals surface area contributed by atoms with Crippen molar-refractivity contribution >= 4 is 44.2 Å². The third kappa shape index (κ3) is 2.74. The first kappa shape index (κ1) is 16.6. The van der Waals surface area contributed by atoms with E-state index in [4.69, 9.17) is 0 Å². The molecule has 0 fully saturated rings. The van der Waals surface area contributed by atoms with E-state index in [2.05, 4.69) is 20.8 Å². The van der Waals surface area contributed by atoms with Gasteiger partial charge in [-0.1, -0.05) is 15.9 Å². The van der Waals surface area contributed by atoms with Gasteiger partial charge in [0.1, 0.15) is 5.69 Å². The highest BCUT2D eigenvalue weighted by Crippen LogP contribution is 2.38. The summed E-state index contributed by atoms with van der Waals surface area (Å²) in [5.41, 5.74) is 0.504. The molecule has 2 aromatic carbocycles. The minimum absolute atomic E-state index is 0.0233. The smallest absolute Gasteiger partial charge is 0.316 e. The van der Waals surface area contributed by atoms with E-state index >= 15 is 0 Å². The summed E-state index contributed by atoms with van der Waals surface area (Å²) in [6, 6.07) is 14.1. The van der Waals surface area contributed by atoms with Crippen molar-refractivity contribution in [2.45, 2.75) is 5.72 Å². The molecule has 4 rings (SSSR count). The van der Waals surface area contributed by atoms with Crippen molar-refractivity contribution in [2.75, 3.05) is 23.7 Å². The number of aliphatic hydroxyl groups is 1. The summed E-state index contributed by atoms with van der Waals surface area (Å²) in [5.74, 6) is 0.900. The maximum absolute atomic E-state index is 11.4. The van der Waals surface area contributed by atoms with E-state index in [1.165, 1.54) is 12.1 Å². The van der Waals surface area contributed by atoms with Gasteiger partial charge in [-0.15, -0.1) is 0 Å². The van der Waals surface area contributed by atoms with Crippen LogP contribution in [0.1, 0.15) is 5.56 Å². The number of β-amino-alcohol motifs (C(OH)–C–C–N with tert-alkyl or cyclic N) is 1. The Kier molecular flexibility index (Phi) is 4.05. The lowest BCUT2D eigenvalue weighted by atomic mass is 10.0. The van der Waals surface area contributed by atoms with Gasteiger partial charge in [0.15, 0.2) is 6.54 Å². The molecule has 0 radical (unpaired) electrons. The average molecular weight is 421 g/mol. The molecule has 128 valence electrons. The second-order valence-electron chi connectivity index (χ2n) is 5.97. The van der Waals surface area contributed by atoms with Gasteiger partial charge in [0.2, 0.25) is 0 Å². The normalized spacial score (nSPS) is 22.4. The summed E-state index contributed by atoms with van der Waals surface area (Å²) >= 11 is 5.16. The summed E-state index contributed by atoms with van der Waals surface area (Å²) in [6.45, 7) is 1.12. The van der Waals surface area contributed by atoms with Gasteiger partial charge < -0.3 is 5.11 Å². The molecule has 0 aromatic heterocycles. The Morgan fingerprint density at radius 1 is 1.20 bits per heavy atom. The first-order valence-corrected chi connectivity index (χ1v) is 9.55. The molecule has 1 atom stereocenters. The highest BCUT2D eigenvalue weighted by molar-refractivity contribution is 9.10. The summed E-state index contributed by atoms with van der Waals surface area (Å²) in [5, 5.41) is 23.3. The topological polar surface area (TPSA) is 69.6 Å². The van der Waals surface area contributed by atoms with Crippen LogP contribution in [-0.4, -0.2) is 38.6 Å². The standard InChI is InChI=1S/C17H15BrN3O3S/c18-13-3-7-14(8-4-13)19-11-17(22,20-9-10-25-16(19)20)12-1-5-15(6-2-12)21(23)24/h1-8,22H,9-11H2/q+1. The molecule has 8 heteroatoms. The quantitative estimate of drug-likeness (QED) is 0.469. The number of hydrogen-bond donors (Lipinski definition) is 1. The van der Waals surface area contributed by atoms with Gasteiger partial charge in [0.05, 0.1) is 11.5 Å². The molecule has 1 unspecified atom stereocenters. The fourth-order valence-corrected chi connectivity index (χ4v) is 4.71. The van der Waals surface area contributed by atoms with Crippen molar-refractivity contribution in [3.63, 3.8) is 0 Å². The van der Waals surface area contributed by atoms with Crippen molar-refractivity contribution in [2.24, 2.45) is 0 Å². The summed E-state index contributed by atoms with van der Waals surface area (Å²) < 4.78 is 2.99. The predicted octanol–water partition coefficient (Wildman–Crippen LogP) is 3.14. The third-order valence-electron chi connectivity index (χ3n) is 4.51. The van der Waals surface area contributed by atoms with E-state index in [1.807, 2.05) is 28.8 Å². The molecule has 0 bridgehead atoms. The van der Waals surface area contributed by atoms with Crippen LogP contribution in [0.25, 0.3) is 0 Å². The van der Waals surface area contributed by atoms with E-state index < -0.39 is 10.6 Å². The molecule has 0 spiro atoms. The van der Waals surface area contributed by atoms with Gasteiger partial charge >= 0.3 is 5.17 Å². The number of thioether (sulfide) groups is 1. The minimum Gasteiger partial charge on any atom is -0.346 e. The number of hydrogen-bond acceptors (Lipinski definition) is 5. The van der Waals surface area contributed by atoms with E-state index in [-0.39, 0.29) is 5.69 Å². The van der Waals surface area contributed by atoms with Gasteiger partial charge in [0, 0.05) is 27.9 Å². The zero-order valence-electron chi connectivity index (χ0n) is 13.1. The number of nitro groups is 1. The van der Waals surface area contributed by atoms with Crippen molar-refractivity contribution < 1.29 is 14.6 Å². The first-order valence-electron chi connectivity index (χ1n) is 7.77. The Labute approximate surface area is 157 Å². The molecule has 0 amide bonds. The van der Waals surface area contributed by atoms with Crippen LogP contribution < -0.4 is 4.90 Å². The van der Waals surface area contributed by atoms with Gasteiger partial charge in [0.25, 0.3) is 11.4 Å². The van der Waals surface area contributed by atoms with E-state index in [0.717, 1.165) is 27.6 Å². The SMILES string of the molecule is O=[N+]([O-])c1ccc(C2(O)CN(c3ccc(Br)cc3)C3=[N+]2CCS3)cc1. The Bertz CT molecular complexity index is 870. The molecule has 25 heavy (non-hydrogen) atoms. The van der Waals surface area contributed by atoms with Crippen LogP contribution in [0.5, 0.6) is 0 Å². The monoisotopic (exact) mass is 420 g/mol. The molecule has 0 saturated heterocycles. The Morgan fingerprint density at radius 2 is 1.88 bits per heavy atom. The lowest BCUT2D eigenvalue weighted by molar-refractivity contribution is -0.650. The van der Waals surface area contributed by atoms with Crippen LogP contribution in [0.4, 0.5) is 11.4 Å². The van der Waals surface area contributed by atoms with Crippen LogP contribution in [0.3, 0.4) is 0 Å².